The molecule has 4 rings (SSSR count). The van der Waals surface area contributed by atoms with Crippen molar-refractivity contribution in [1.29, 1.82) is 0 Å². The van der Waals surface area contributed by atoms with Gasteiger partial charge < -0.3 is 14.7 Å². The second kappa shape index (κ2) is 11.8. The molecule has 0 amide bonds. The fourth-order valence-electron chi connectivity index (χ4n) is 4.76. The molecule has 36 heavy (non-hydrogen) atoms. The van der Waals surface area contributed by atoms with Gasteiger partial charge in [0.1, 0.15) is 17.7 Å². The second-order valence-corrected chi connectivity index (χ2v) is 10.7. The summed E-state index contributed by atoms with van der Waals surface area (Å²) in [6, 6.07) is 11.6. The number of carbonyl (C=O) groups is 1. The summed E-state index contributed by atoms with van der Waals surface area (Å²) in [5.41, 5.74) is -0.0215. The van der Waals surface area contributed by atoms with Gasteiger partial charge in [0.15, 0.2) is 0 Å². The molecule has 9 heteroatoms. The molecule has 1 aromatic heterocycles. The van der Waals surface area contributed by atoms with Crippen LogP contribution in [0.15, 0.2) is 53.6 Å². The molecule has 1 N–H and O–H groups in total. The second-order valence-electron chi connectivity index (χ2n) is 9.14. The molecule has 2 heterocycles. The summed E-state index contributed by atoms with van der Waals surface area (Å²) in [5, 5.41) is 10.9. The summed E-state index contributed by atoms with van der Waals surface area (Å²) in [5.74, 6) is 0.277. The third-order valence-electron chi connectivity index (χ3n) is 7.01. The van der Waals surface area contributed by atoms with Crippen LogP contribution in [0.1, 0.15) is 37.4 Å². The Hall–Kier alpha value is -2.42. The number of fused-ring (bicyclic) bond motifs is 1. The van der Waals surface area contributed by atoms with Crippen LogP contribution in [0.2, 0.25) is 5.02 Å². The van der Waals surface area contributed by atoms with Crippen LogP contribution in [0.3, 0.4) is 0 Å². The van der Waals surface area contributed by atoms with Crippen molar-refractivity contribution in [3.8, 4) is 5.75 Å². The predicted octanol–water partition coefficient (Wildman–Crippen LogP) is 6.79. The first kappa shape index (κ1) is 26.6. The van der Waals surface area contributed by atoms with Crippen LogP contribution in [-0.2, 0) is 4.79 Å². The van der Waals surface area contributed by atoms with Crippen molar-refractivity contribution in [3.63, 3.8) is 0 Å². The van der Waals surface area contributed by atoms with E-state index in [4.69, 9.17) is 16.3 Å². The maximum atomic E-state index is 15.6. The molecule has 5 nitrogen and oxygen atoms in total. The molecule has 0 unspecified atom stereocenters. The number of benzene rings is 2. The highest BCUT2D eigenvalue weighted by Crippen LogP contribution is 2.42. The molecule has 1 atom stereocenters. The molecular weight excluding hydrogens is 506 g/mol. The van der Waals surface area contributed by atoms with Gasteiger partial charge in [0.25, 0.3) is 0 Å². The Morgan fingerprint density at radius 1 is 1.25 bits per heavy atom. The van der Waals surface area contributed by atoms with Crippen LogP contribution in [-0.4, -0.2) is 53.5 Å². The lowest BCUT2D eigenvalue weighted by atomic mass is 9.74. The number of hydrogen-bond acceptors (Lipinski definition) is 5. The Morgan fingerprint density at radius 2 is 1.97 bits per heavy atom. The van der Waals surface area contributed by atoms with Crippen molar-refractivity contribution in [1.82, 2.24) is 9.88 Å². The van der Waals surface area contributed by atoms with Crippen molar-refractivity contribution >= 4 is 40.2 Å². The van der Waals surface area contributed by atoms with E-state index in [1.165, 1.54) is 25.4 Å². The van der Waals surface area contributed by atoms with Crippen LogP contribution in [0.4, 0.5) is 8.78 Å². The van der Waals surface area contributed by atoms with Gasteiger partial charge >= 0.3 is 5.97 Å². The van der Waals surface area contributed by atoms with E-state index >= 15 is 4.39 Å². The van der Waals surface area contributed by atoms with Gasteiger partial charge in [0, 0.05) is 34.3 Å². The first-order valence-electron chi connectivity index (χ1n) is 11.9. The number of alkyl halides is 1. The maximum absolute atomic E-state index is 15.6. The van der Waals surface area contributed by atoms with E-state index in [-0.39, 0.29) is 23.7 Å². The lowest BCUT2D eigenvalue weighted by Gasteiger charge is -2.39. The van der Waals surface area contributed by atoms with Crippen LogP contribution in [0, 0.1) is 11.2 Å². The molecule has 3 aromatic rings. The number of aliphatic carboxylic acids is 1. The van der Waals surface area contributed by atoms with Crippen molar-refractivity contribution in [2.45, 2.75) is 36.8 Å². The maximum Gasteiger partial charge on any atom is 0.309 e. The summed E-state index contributed by atoms with van der Waals surface area (Å²) >= 11 is 7.99. The minimum Gasteiger partial charge on any atom is -0.497 e. The average Bonchev–Trinajstić information content (AvgIpc) is 2.88. The molecule has 1 aliphatic heterocycles. The zero-order valence-electron chi connectivity index (χ0n) is 20.1. The Kier molecular flexibility index (Phi) is 8.70. The minimum atomic E-state index is -1.42. The van der Waals surface area contributed by atoms with Gasteiger partial charge in [-0.3, -0.25) is 9.78 Å². The summed E-state index contributed by atoms with van der Waals surface area (Å²) < 4.78 is 33.9. The van der Waals surface area contributed by atoms with E-state index in [9.17, 15) is 14.3 Å². The first-order chi connectivity index (χ1) is 17.3. The molecule has 2 aromatic carbocycles. The van der Waals surface area contributed by atoms with Gasteiger partial charge in [-0.05, 0) is 81.2 Å². The highest BCUT2D eigenvalue weighted by atomic mass is 35.5. The number of rotatable bonds is 10. The molecule has 1 fully saturated rings. The summed E-state index contributed by atoms with van der Waals surface area (Å²) in [7, 11) is 1.54. The van der Waals surface area contributed by atoms with Gasteiger partial charge in [-0.1, -0.05) is 11.6 Å². The summed E-state index contributed by atoms with van der Waals surface area (Å²) in [6.45, 7) is 2.09. The standard InChI is InChI=1S/C27H29ClF2N2O3S/c1-35-19-4-7-24-21(16-19)25(22(28)17-31-24)23(30)8-9-27(26(33)34)10-12-32(13-11-27)14-15-36-20-5-2-18(29)3-6-20/h2-7,16-17,23H,8-15H2,1H3,(H,33,34)/t23-/m1/s1. The number of aromatic nitrogens is 1. The van der Waals surface area contributed by atoms with Crippen LogP contribution >= 0.6 is 23.4 Å². The van der Waals surface area contributed by atoms with Crippen LogP contribution in [0.5, 0.6) is 5.75 Å². The van der Waals surface area contributed by atoms with E-state index in [1.807, 2.05) is 0 Å². The number of halogens is 3. The number of likely N-dealkylation sites (tertiary alicyclic amines) is 1. The molecule has 0 saturated carbocycles. The van der Waals surface area contributed by atoms with E-state index in [1.54, 1.807) is 42.1 Å². The molecule has 0 aliphatic carbocycles. The molecule has 1 saturated heterocycles. The van der Waals surface area contributed by atoms with Crippen molar-refractivity contribution in [2.24, 2.45) is 5.41 Å². The zero-order valence-corrected chi connectivity index (χ0v) is 21.6. The van der Waals surface area contributed by atoms with Gasteiger partial charge in [0.2, 0.25) is 0 Å². The monoisotopic (exact) mass is 534 g/mol. The largest absolute Gasteiger partial charge is 0.497 e. The lowest BCUT2D eigenvalue weighted by Crippen LogP contribution is -2.45. The molecular formula is C27H29ClF2N2O3S. The van der Waals surface area contributed by atoms with Crippen molar-refractivity contribution in [3.05, 3.63) is 65.1 Å². The van der Waals surface area contributed by atoms with Gasteiger partial charge in [-0.2, -0.15) is 0 Å². The molecule has 0 bridgehead atoms. The third kappa shape index (κ3) is 6.10. The van der Waals surface area contributed by atoms with E-state index < -0.39 is 17.6 Å². The highest BCUT2D eigenvalue weighted by molar-refractivity contribution is 7.99. The average molecular weight is 535 g/mol. The number of carboxylic acid groups (broad SMARTS) is 1. The SMILES string of the molecule is COc1ccc2ncc(Cl)c([C@H](F)CCC3(C(=O)O)CCN(CCSc4ccc(F)cc4)CC3)c2c1. The van der Waals surface area contributed by atoms with Gasteiger partial charge in [0.05, 0.1) is 23.1 Å². The quantitative estimate of drug-likeness (QED) is 0.289. The van der Waals surface area contributed by atoms with Crippen molar-refractivity contribution in [2.75, 3.05) is 32.5 Å². The van der Waals surface area contributed by atoms with Gasteiger partial charge in [-0.25, -0.2) is 8.78 Å². The number of methoxy groups -OCH3 is 1. The Morgan fingerprint density at radius 3 is 2.64 bits per heavy atom. The van der Waals surface area contributed by atoms with E-state index in [2.05, 4.69) is 9.88 Å². The zero-order chi connectivity index (χ0) is 25.7. The number of nitrogens with zero attached hydrogens (tertiary/aromatic N) is 2. The topological polar surface area (TPSA) is 62.7 Å². The fourth-order valence-corrected chi connectivity index (χ4v) is 5.94. The number of pyridine rings is 1. The highest BCUT2D eigenvalue weighted by Gasteiger charge is 2.41. The van der Waals surface area contributed by atoms with E-state index in [0.717, 1.165) is 17.2 Å². The smallest absolute Gasteiger partial charge is 0.309 e. The number of thioether (sulfide) groups is 1. The molecule has 1 aliphatic rings. The Balaban J connectivity index is 1.37. The van der Waals surface area contributed by atoms with Crippen LogP contribution in [0.25, 0.3) is 10.9 Å². The summed E-state index contributed by atoms with van der Waals surface area (Å²) in [4.78, 5) is 19.8. The number of hydrogen-bond donors (Lipinski definition) is 1. The lowest BCUT2D eigenvalue weighted by molar-refractivity contribution is -0.153. The third-order valence-corrected chi connectivity index (χ3v) is 8.31. The number of piperidine rings is 1. The van der Waals surface area contributed by atoms with E-state index in [0.29, 0.717) is 48.1 Å². The molecule has 0 radical (unpaired) electrons. The van der Waals surface area contributed by atoms with Crippen molar-refractivity contribution < 1.29 is 23.4 Å². The first-order valence-corrected chi connectivity index (χ1v) is 13.3. The van der Waals surface area contributed by atoms with Gasteiger partial charge in [-0.15, -0.1) is 11.8 Å². The number of ether oxygens (including phenoxy) is 1. The number of carboxylic acids is 1. The Labute approximate surface area is 218 Å². The molecule has 192 valence electrons. The fraction of sp³-hybridized carbons (Fsp3) is 0.407. The Bertz CT molecular complexity index is 1200. The molecule has 0 spiro atoms. The van der Waals surface area contributed by atoms with Crippen LogP contribution < -0.4 is 4.74 Å². The predicted molar refractivity (Wildman–Crippen MR) is 139 cm³/mol. The minimum absolute atomic E-state index is 0.0583. The normalized spacial score (nSPS) is 16.7. The summed E-state index contributed by atoms with van der Waals surface area (Å²) in [6.07, 6.45) is 1.24.